The SMILES string of the molecule is CCOCc1ccc(CNC(=O)c2ccc(Cl)cc2)cc1. The first-order chi connectivity index (χ1) is 10.2. The van der Waals surface area contributed by atoms with Gasteiger partial charge in [0, 0.05) is 23.7 Å². The summed E-state index contributed by atoms with van der Waals surface area (Å²) in [7, 11) is 0. The van der Waals surface area contributed by atoms with Crippen molar-refractivity contribution in [1.29, 1.82) is 0 Å². The molecule has 3 nitrogen and oxygen atoms in total. The molecular formula is C17H18ClNO2. The second kappa shape index (κ2) is 7.81. The summed E-state index contributed by atoms with van der Waals surface area (Å²) in [5.74, 6) is -0.106. The monoisotopic (exact) mass is 303 g/mol. The highest BCUT2D eigenvalue weighted by atomic mass is 35.5. The second-order valence-electron chi connectivity index (χ2n) is 4.64. The Bertz CT molecular complexity index is 579. The number of hydrogen-bond donors (Lipinski definition) is 1. The molecule has 0 aliphatic heterocycles. The van der Waals surface area contributed by atoms with Gasteiger partial charge in [0.1, 0.15) is 0 Å². The molecule has 0 saturated heterocycles. The Balaban J connectivity index is 1.87. The standard InChI is InChI=1S/C17H18ClNO2/c1-2-21-12-14-5-3-13(4-6-14)11-19-17(20)15-7-9-16(18)10-8-15/h3-10H,2,11-12H2,1H3,(H,19,20). The van der Waals surface area contributed by atoms with Crippen LogP contribution in [0.3, 0.4) is 0 Å². The van der Waals surface area contributed by atoms with Gasteiger partial charge in [-0.15, -0.1) is 0 Å². The zero-order valence-corrected chi connectivity index (χ0v) is 12.7. The van der Waals surface area contributed by atoms with E-state index in [4.69, 9.17) is 16.3 Å². The lowest BCUT2D eigenvalue weighted by atomic mass is 10.1. The third-order valence-corrected chi connectivity index (χ3v) is 3.31. The number of benzene rings is 2. The predicted octanol–water partition coefficient (Wildman–Crippen LogP) is 3.81. The molecule has 0 aromatic heterocycles. The van der Waals surface area contributed by atoms with Crippen LogP contribution in [0.15, 0.2) is 48.5 Å². The fraction of sp³-hybridized carbons (Fsp3) is 0.235. The van der Waals surface area contributed by atoms with E-state index in [2.05, 4.69) is 5.32 Å². The topological polar surface area (TPSA) is 38.3 Å². The summed E-state index contributed by atoms with van der Waals surface area (Å²) < 4.78 is 5.34. The molecule has 0 fully saturated rings. The van der Waals surface area contributed by atoms with Gasteiger partial charge >= 0.3 is 0 Å². The molecule has 0 aliphatic rings. The van der Waals surface area contributed by atoms with E-state index >= 15 is 0 Å². The lowest BCUT2D eigenvalue weighted by Crippen LogP contribution is -2.22. The fourth-order valence-electron chi connectivity index (χ4n) is 1.86. The maximum Gasteiger partial charge on any atom is 0.251 e. The molecule has 110 valence electrons. The van der Waals surface area contributed by atoms with Gasteiger partial charge in [-0.1, -0.05) is 35.9 Å². The van der Waals surface area contributed by atoms with Crippen LogP contribution in [0.5, 0.6) is 0 Å². The molecule has 0 saturated carbocycles. The molecule has 1 amide bonds. The van der Waals surface area contributed by atoms with Crippen molar-refractivity contribution < 1.29 is 9.53 Å². The van der Waals surface area contributed by atoms with E-state index in [-0.39, 0.29) is 5.91 Å². The highest BCUT2D eigenvalue weighted by Crippen LogP contribution is 2.10. The molecule has 0 heterocycles. The van der Waals surface area contributed by atoms with Crippen molar-refractivity contribution in [3.05, 3.63) is 70.2 Å². The Hall–Kier alpha value is -1.84. The minimum atomic E-state index is -0.106. The van der Waals surface area contributed by atoms with Crippen LogP contribution >= 0.6 is 11.6 Å². The summed E-state index contributed by atoms with van der Waals surface area (Å²) in [6.45, 7) is 3.80. The minimum Gasteiger partial charge on any atom is -0.377 e. The van der Waals surface area contributed by atoms with Crippen molar-refractivity contribution in [3.63, 3.8) is 0 Å². The largest absolute Gasteiger partial charge is 0.377 e. The van der Waals surface area contributed by atoms with Crippen molar-refractivity contribution in [2.75, 3.05) is 6.61 Å². The van der Waals surface area contributed by atoms with E-state index in [9.17, 15) is 4.79 Å². The van der Waals surface area contributed by atoms with Gasteiger partial charge in [0.05, 0.1) is 6.61 Å². The quantitative estimate of drug-likeness (QED) is 0.881. The molecule has 2 aromatic rings. The number of carbonyl (C=O) groups excluding carboxylic acids is 1. The highest BCUT2D eigenvalue weighted by Gasteiger charge is 2.04. The number of halogens is 1. The van der Waals surface area contributed by atoms with Crippen LogP contribution in [-0.2, 0) is 17.9 Å². The fourth-order valence-corrected chi connectivity index (χ4v) is 1.98. The first-order valence-electron chi connectivity index (χ1n) is 6.88. The number of nitrogens with one attached hydrogen (secondary N) is 1. The van der Waals surface area contributed by atoms with Crippen LogP contribution in [-0.4, -0.2) is 12.5 Å². The van der Waals surface area contributed by atoms with Gasteiger partial charge in [0.25, 0.3) is 5.91 Å². The van der Waals surface area contributed by atoms with Crippen LogP contribution < -0.4 is 5.32 Å². The minimum absolute atomic E-state index is 0.106. The van der Waals surface area contributed by atoms with E-state index in [1.165, 1.54) is 0 Å². The zero-order chi connectivity index (χ0) is 15.1. The lowest BCUT2D eigenvalue weighted by molar-refractivity contribution is 0.0951. The number of carbonyl (C=O) groups is 1. The van der Waals surface area contributed by atoms with Crippen molar-refractivity contribution >= 4 is 17.5 Å². The molecule has 2 aromatic carbocycles. The van der Waals surface area contributed by atoms with Crippen LogP contribution in [0.1, 0.15) is 28.4 Å². The maximum atomic E-state index is 12.0. The summed E-state index contributed by atoms with van der Waals surface area (Å²) in [6, 6.07) is 14.9. The van der Waals surface area contributed by atoms with Crippen LogP contribution in [0.2, 0.25) is 5.02 Å². The van der Waals surface area contributed by atoms with Crippen molar-refractivity contribution in [2.24, 2.45) is 0 Å². The first-order valence-corrected chi connectivity index (χ1v) is 7.26. The summed E-state index contributed by atoms with van der Waals surface area (Å²) in [5, 5.41) is 3.51. The number of ether oxygens (including phenoxy) is 1. The van der Waals surface area contributed by atoms with Gasteiger partial charge in [-0.25, -0.2) is 0 Å². The van der Waals surface area contributed by atoms with Crippen molar-refractivity contribution in [3.8, 4) is 0 Å². The number of amides is 1. The Labute approximate surface area is 129 Å². The Kier molecular flexibility index (Phi) is 5.78. The lowest BCUT2D eigenvalue weighted by Gasteiger charge is -2.07. The molecular weight excluding hydrogens is 286 g/mol. The van der Waals surface area contributed by atoms with E-state index in [1.807, 2.05) is 31.2 Å². The van der Waals surface area contributed by atoms with Gasteiger partial charge in [0.2, 0.25) is 0 Å². The van der Waals surface area contributed by atoms with Crippen LogP contribution in [0.25, 0.3) is 0 Å². The van der Waals surface area contributed by atoms with E-state index in [1.54, 1.807) is 24.3 Å². The summed E-state index contributed by atoms with van der Waals surface area (Å²) in [4.78, 5) is 12.0. The molecule has 0 unspecified atom stereocenters. The zero-order valence-electron chi connectivity index (χ0n) is 11.9. The molecule has 4 heteroatoms. The van der Waals surface area contributed by atoms with Gasteiger partial charge in [-0.2, -0.15) is 0 Å². The first kappa shape index (κ1) is 15.5. The van der Waals surface area contributed by atoms with Gasteiger partial charge in [-0.3, -0.25) is 4.79 Å². The molecule has 1 N–H and O–H groups in total. The molecule has 2 rings (SSSR count). The number of hydrogen-bond acceptors (Lipinski definition) is 2. The van der Waals surface area contributed by atoms with E-state index in [0.717, 1.165) is 11.1 Å². The molecule has 21 heavy (non-hydrogen) atoms. The molecule has 0 spiro atoms. The Morgan fingerprint density at radius 3 is 2.29 bits per heavy atom. The van der Waals surface area contributed by atoms with E-state index in [0.29, 0.717) is 30.3 Å². The smallest absolute Gasteiger partial charge is 0.251 e. The van der Waals surface area contributed by atoms with Gasteiger partial charge < -0.3 is 10.1 Å². The molecule has 0 radical (unpaired) electrons. The maximum absolute atomic E-state index is 12.0. The molecule has 0 aliphatic carbocycles. The Morgan fingerprint density at radius 1 is 1.05 bits per heavy atom. The number of rotatable bonds is 6. The van der Waals surface area contributed by atoms with Crippen molar-refractivity contribution in [2.45, 2.75) is 20.1 Å². The Morgan fingerprint density at radius 2 is 1.67 bits per heavy atom. The van der Waals surface area contributed by atoms with Crippen molar-refractivity contribution in [1.82, 2.24) is 5.32 Å². The van der Waals surface area contributed by atoms with Gasteiger partial charge in [0.15, 0.2) is 0 Å². The summed E-state index contributed by atoms with van der Waals surface area (Å²) >= 11 is 5.80. The average molecular weight is 304 g/mol. The van der Waals surface area contributed by atoms with E-state index < -0.39 is 0 Å². The molecule has 0 atom stereocenters. The molecule has 0 bridgehead atoms. The highest BCUT2D eigenvalue weighted by molar-refractivity contribution is 6.30. The summed E-state index contributed by atoms with van der Waals surface area (Å²) in [6.07, 6.45) is 0. The van der Waals surface area contributed by atoms with Gasteiger partial charge in [-0.05, 0) is 42.3 Å². The average Bonchev–Trinajstić information content (AvgIpc) is 2.52. The van der Waals surface area contributed by atoms with Crippen LogP contribution in [0.4, 0.5) is 0 Å². The third-order valence-electron chi connectivity index (χ3n) is 3.06. The summed E-state index contributed by atoms with van der Waals surface area (Å²) in [5.41, 5.74) is 2.79. The predicted molar refractivity (Wildman–Crippen MR) is 84.4 cm³/mol. The second-order valence-corrected chi connectivity index (χ2v) is 5.08. The third kappa shape index (κ3) is 4.88. The normalized spacial score (nSPS) is 10.4. The van der Waals surface area contributed by atoms with Crippen LogP contribution in [0, 0.1) is 0 Å².